The van der Waals surface area contributed by atoms with E-state index in [0.717, 1.165) is 23.6 Å². The molecule has 0 amide bonds. The molecule has 0 radical (unpaired) electrons. The summed E-state index contributed by atoms with van der Waals surface area (Å²) in [6.45, 7) is 4.86. The molecule has 1 atom stereocenters. The van der Waals surface area contributed by atoms with Crippen molar-refractivity contribution < 1.29 is 0 Å². The van der Waals surface area contributed by atoms with E-state index in [4.69, 9.17) is 0 Å². The molecule has 0 aliphatic carbocycles. The number of aryl methyl sites for hydroxylation is 1. The maximum atomic E-state index is 4.38. The van der Waals surface area contributed by atoms with E-state index in [-0.39, 0.29) is 6.04 Å². The second-order valence-corrected chi connectivity index (χ2v) is 4.48. The smallest absolute Gasteiger partial charge is 0.125 e. The van der Waals surface area contributed by atoms with Gasteiger partial charge in [-0.05, 0) is 33.0 Å². The molecule has 0 aliphatic heterocycles. The Morgan fingerprint density at radius 2 is 1.89 bits per heavy atom. The first-order valence-corrected chi connectivity index (χ1v) is 6.05. The third-order valence-electron chi connectivity index (χ3n) is 3.04. The molecule has 18 heavy (non-hydrogen) atoms. The molecule has 1 unspecified atom stereocenters. The van der Waals surface area contributed by atoms with Gasteiger partial charge in [0, 0.05) is 36.7 Å². The van der Waals surface area contributed by atoms with Crippen molar-refractivity contribution in [1.82, 2.24) is 19.9 Å². The topological polar surface area (TPSA) is 41.9 Å². The third-order valence-corrected chi connectivity index (χ3v) is 3.04. The van der Waals surface area contributed by atoms with Crippen LogP contribution in [-0.2, 0) is 6.54 Å². The number of hydrogen-bond acceptors (Lipinski definition) is 4. The first kappa shape index (κ1) is 12.6. The molecule has 0 saturated carbocycles. The Kier molecular flexibility index (Phi) is 3.99. The lowest BCUT2D eigenvalue weighted by Gasteiger charge is -2.23. The van der Waals surface area contributed by atoms with Gasteiger partial charge in [0.1, 0.15) is 5.82 Å². The lowest BCUT2D eigenvalue weighted by atomic mass is 10.2. The summed E-state index contributed by atoms with van der Waals surface area (Å²) < 4.78 is 0. The van der Waals surface area contributed by atoms with E-state index in [2.05, 4.69) is 33.8 Å². The molecule has 94 valence electrons. The Labute approximate surface area is 108 Å². The maximum absolute atomic E-state index is 4.38. The van der Waals surface area contributed by atoms with Gasteiger partial charge >= 0.3 is 0 Å². The van der Waals surface area contributed by atoms with Gasteiger partial charge in [-0.25, -0.2) is 9.97 Å². The highest BCUT2D eigenvalue weighted by molar-refractivity contribution is 5.10. The summed E-state index contributed by atoms with van der Waals surface area (Å²) >= 11 is 0. The predicted octanol–water partition coefficient (Wildman–Crippen LogP) is 2.37. The van der Waals surface area contributed by atoms with Crippen molar-refractivity contribution in [3.8, 4) is 0 Å². The van der Waals surface area contributed by atoms with Crippen molar-refractivity contribution in [2.45, 2.75) is 26.4 Å². The fourth-order valence-electron chi connectivity index (χ4n) is 1.77. The third kappa shape index (κ3) is 3.11. The maximum Gasteiger partial charge on any atom is 0.125 e. The minimum Gasteiger partial charge on any atom is -0.294 e. The number of pyridine rings is 1. The van der Waals surface area contributed by atoms with Crippen LogP contribution in [0.25, 0.3) is 0 Å². The van der Waals surface area contributed by atoms with E-state index >= 15 is 0 Å². The van der Waals surface area contributed by atoms with Crippen molar-refractivity contribution in [2.24, 2.45) is 0 Å². The molecule has 0 N–H and O–H groups in total. The molecule has 0 bridgehead atoms. The average Bonchev–Trinajstić information content (AvgIpc) is 2.41. The minimum absolute atomic E-state index is 0.271. The molecule has 0 saturated heterocycles. The predicted molar refractivity (Wildman–Crippen MR) is 70.9 cm³/mol. The van der Waals surface area contributed by atoms with Crippen LogP contribution in [0, 0.1) is 6.92 Å². The quantitative estimate of drug-likeness (QED) is 0.825. The van der Waals surface area contributed by atoms with Gasteiger partial charge in [0.15, 0.2) is 0 Å². The molecule has 2 aromatic rings. The Bertz CT molecular complexity index is 481. The highest BCUT2D eigenvalue weighted by atomic mass is 15.1. The van der Waals surface area contributed by atoms with E-state index in [0.29, 0.717) is 0 Å². The molecule has 4 heteroatoms. The summed E-state index contributed by atoms with van der Waals surface area (Å²) in [6.07, 6.45) is 5.59. The zero-order valence-electron chi connectivity index (χ0n) is 11.0. The van der Waals surface area contributed by atoms with Crippen LogP contribution < -0.4 is 0 Å². The number of rotatable bonds is 4. The molecule has 2 heterocycles. The van der Waals surface area contributed by atoms with Gasteiger partial charge in [-0.15, -0.1) is 0 Å². The van der Waals surface area contributed by atoms with Gasteiger partial charge in [-0.2, -0.15) is 0 Å². The normalized spacial score (nSPS) is 12.7. The number of hydrogen-bond donors (Lipinski definition) is 0. The second-order valence-electron chi connectivity index (χ2n) is 4.48. The molecule has 0 aliphatic rings. The summed E-state index contributed by atoms with van der Waals surface area (Å²) in [5.41, 5.74) is 2.19. The van der Waals surface area contributed by atoms with Gasteiger partial charge in [0.05, 0.1) is 5.69 Å². The Hall–Kier alpha value is -1.81. The van der Waals surface area contributed by atoms with Crippen molar-refractivity contribution in [3.05, 3.63) is 53.9 Å². The highest BCUT2D eigenvalue weighted by Crippen LogP contribution is 2.17. The molecule has 2 rings (SSSR count). The molecular weight excluding hydrogens is 224 g/mol. The molecule has 0 aromatic carbocycles. The SMILES string of the molecule is Cc1ncc(CN(C)C(C)c2ccccn2)cn1. The zero-order valence-corrected chi connectivity index (χ0v) is 11.0. The van der Waals surface area contributed by atoms with Gasteiger partial charge in [0.2, 0.25) is 0 Å². The van der Waals surface area contributed by atoms with Crippen molar-refractivity contribution >= 4 is 0 Å². The van der Waals surface area contributed by atoms with Crippen molar-refractivity contribution in [2.75, 3.05) is 7.05 Å². The number of aromatic nitrogens is 3. The first-order valence-electron chi connectivity index (χ1n) is 6.05. The van der Waals surface area contributed by atoms with E-state index in [1.165, 1.54) is 0 Å². The molecule has 2 aromatic heterocycles. The van der Waals surface area contributed by atoms with Gasteiger partial charge in [-0.1, -0.05) is 6.07 Å². The fourth-order valence-corrected chi connectivity index (χ4v) is 1.77. The summed E-state index contributed by atoms with van der Waals surface area (Å²) in [6, 6.07) is 6.27. The summed E-state index contributed by atoms with van der Waals surface area (Å²) in [7, 11) is 2.08. The van der Waals surface area contributed by atoms with Crippen LogP contribution in [0.1, 0.15) is 30.0 Å². The van der Waals surface area contributed by atoms with Crippen LogP contribution in [0.4, 0.5) is 0 Å². The monoisotopic (exact) mass is 242 g/mol. The van der Waals surface area contributed by atoms with Crippen molar-refractivity contribution in [1.29, 1.82) is 0 Å². The van der Waals surface area contributed by atoms with Crippen LogP contribution in [0.2, 0.25) is 0 Å². The summed E-state index contributed by atoms with van der Waals surface area (Å²) in [4.78, 5) is 15.0. The van der Waals surface area contributed by atoms with Crippen LogP contribution >= 0.6 is 0 Å². The lowest BCUT2D eigenvalue weighted by Crippen LogP contribution is -2.22. The van der Waals surface area contributed by atoms with E-state index < -0.39 is 0 Å². The average molecular weight is 242 g/mol. The standard InChI is InChI=1S/C14H18N4/c1-11(14-6-4-5-7-15-14)18(3)10-13-8-16-12(2)17-9-13/h4-9,11H,10H2,1-3H3. The van der Waals surface area contributed by atoms with Crippen LogP contribution in [0.15, 0.2) is 36.8 Å². The fraction of sp³-hybridized carbons (Fsp3) is 0.357. The minimum atomic E-state index is 0.271. The molecular formula is C14H18N4. The summed E-state index contributed by atoms with van der Waals surface area (Å²) in [5.74, 6) is 0.805. The van der Waals surface area contributed by atoms with E-state index in [1.807, 2.05) is 43.7 Å². The van der Waals surface area contributed by atoms with E-state index in [9.17, 15) is 0 Å². The molecule has 0 spiro atoms. The van der Waals surface area contributed by atoms with Crippen LogP contribution in [0.3, 0.4) is 0 Å². The van der Waals surface area contributed by atoms with E-state index in [1.54, 1.807) is 0 Å². The molecule has 0 fully saturated rings. The Morgan fingerprint density at radius 1 is 1.17 bits per heavy atom. The van der Waals surface area contributed by atoms with Crippen molar-refractivity contribution in [3.63, 3.8) is 0 Å². The van der Waals surface area contributed by atoms with Crippen LogP contribution in [0.5, 0.6) is 0 Å². The first-order chi connectivity index (χ1) is 8.66. The molecule has 4 nitrogen and oxygen atoms in total. The number of nitrogens with zero attached hydrogens (tertiary/aromatic N) is 4. The Morgan fingerprint density at radius 3 is 2.50 bits per heavy atom. The lowest BCUT2D eigenvalue weighted by molar-refractivity contribution is 0.248. The highest BCUT2D eigenvalue weighted by Gasteiger charge is 2.12. The largest absolute Gasteiger partial charge is 0.294 e. The second kappa shape index (κ2) is 5.69. The van der Waals surface area contributed by atoms with Gasteiger partial charge in [-0.3, -0.25) is 9.88 Å². The Balaban J connectivity index is 2.03. The zero-order chi connectivity index (χ0) is 13.0. The van der Waals surface area contributed by atoms with Crippen LogP contribution in [-0.4, -0.2) is 26.9 Å². The summed E-state index contributed by atoms with van der Waals surface area (Å²) in [5, 5.41) is 0. The van der Waals surface area contributed by atoms with Gasteiger partial charge < -0.3 is 0 Å². The van der Waals surface area contributed by atoms with Gasteiger partial charge in [0.25, 0.3) is 0 Å².